The molecule has 1 fully saturated rings. The van der Waals surface area contributed by atoms with E-state index in [2.05, 4.69) is 28.3 Å². The van der Waals surface area contributed by atoms with Crippen LogP contribution in [0.3, 0.4) is 0 Å². The summed E-state index contributed by atoms with van der Waals surface area (Å²) < 4.78 is 2.12. The minimum atomic E-state index is -0.701. The molecule has 1 aliphatic rings. The first-order valence-electron chi connectivity index (χ1n) is 7.07. The van der Waals surface area contributed by atoms with Crippen LogP contribution in [-0.2, 0) is 17.9 Å². The predicted octanol–water partition coefficient (Wildman–Crippen LogP) is 1.98. The van der Waals surface area contributed by atoms with E-state index in [9.17, 15) is 9.90 Å². The van der Waals surface area contributed by atoms with Gasteiger partial charge in [-0.2, -0.15) is 0 Å². The molecule has 0 bridgehead atoms. The number of carbonyl (C=O) groups is 1. The highest BCUT2D eigenvalue weighted by Crippen LogP contribution is 2.24. The highest BCUT2D eigenvalue weighted by Gasteiger charge is 2.31. The van der Waals surface area contributed by atoms with Gasteiger partial charge in [-0.15, -0.1) is 0 Å². The Kier molecular flexibility index (Phi) is 4.58. The molecule has 1 aliphatic heterocycles. The Morgan fingerprint density at radius 3 is 3.05 bits per heavy atom. The molecular weight excluding hydrogens is 242 g/mol. The molecule has 19 heavy (non-hydrogen) atoms. The Bertz CT molecular complexity index is 430. The van der Waals surface area contributed by atoms with E-state index >= 15 is 0 Å². The maximum Gasteiger partial charge on any atom is 0.320 e. The number of aryl methyl sites for hydroxylation is 1. The molecule has 1 aromatic rings. The average molecular weight is 265 g/mol. The third-order valence-electron chi connectivity index (χ3n) is 3.89. The number of aliphatic carboxylic acids is 1. The van der Waals surface area contributed by atoms with Crippen LogP contribution in [0.4, 0.5) is 0 Å². The number of aromatic nitrogens is 2. The fourth-order valence-corrected chi connectivity index (χ4v) is 2.77. The summed E-state index contributed by atoms with van der Waals surface area (Å²) >= 11 is 0. The van der Waals surface area contributed by atoms with Crippen molar-refractivity contribution in [3.05, 3.63) is 18.2 Å². The van der Waals surface area contributed by atoms with Crippen molar-refractivity contribution in [1.29, 1.82) is 0 Å². The van der Waals surface area contributed by atoms with Crippen molar-refractivity contribution in [2.75, 3.05) is 6.54 Å². The standard InChI is InChI=1S/C14H23N3O2/c1-3-5-17-10-15-8-12(17)9-16-6-4-11(2)7-13(16)14(18)19/h8,10-11,13H,3-7,9H2,1-2H3,(H,18,19). The van der Waals surface area contributed by atoms with E-state index in [1.54, 1.807) is 0 Å². The molecule has 0 aromatic carbocycles. The lowest BCUT2D eigenvalue weighted by Crippen LogP contribution is -2.46. The van der Waals surface area contributed by atoms with E-state index in [4.69, 9.17) is 0 Å². The lowest BCUT2D eigenvalue weighted by atomic mass is 9.92. The largest absolute Gasteiger partial charge is 0.480 e. The molecule has 1 N–H and O–H groups in total. The van der Waals surface area contributed by atoms with Crippen molar-refractivity contribution in [2.24, 2.45) is 5.92 Å². The van der Waals surface area contributed by atoms with E-state index in [-0.39, 0.29) is 6.04 Å². The van der Waals surface area contributed by atoms with E-state index < -0.39 is 5.97 Å². The average Bonchev–Trinajstić information content (AvgIpc) is 2.79. The molecule has 106 valence electrons. The van der Waals surface area contributed by atoms with Gasteiger partial charge in [-0.25, -0.2) is 4.98 Å². The van der Waals surface area contributed by atoms with Crippen LogP contribution >= 0.6 is 0 Å². The van der Waals surface area contributed by atoms with Crippen molar-refractivity contribution in [2.45, 2.75) is 52.2 Å². The van der Waals surface area contributed by atoms with Gasteiger partial charge in [0.25, 0.3) is 0 Å². The summed E-state index contributed by atoms with van der Waals surface area (Å²) in [6, 6.07) is -0.353. The lowest BCUT2D eigenvalue weighted by molar-refractivity contribution is -0.145. The summed E-state index contributed by atoms with van der Waals surface area (Å²) in [5.74, 6) is -0.203. The van der Waals surface area contributed by atoms with Crippen molar-refractivity contribution in [1.82, 2.24) is 14.5 Å². The molecule has 5 nitrogen and oxygen atoms in total. The second-order valence-corrected chi connectivity index (χ2v) is 5.53. The number of imidazole rings is 1. The van der Waals surface area contributed by atoms with Gasteiger partial charge in [0, 0.05) is 19.3 Å². The first kappa shape index (κ1) is 14.1. The third kappa shape index (κ3) is 3.35. The topological polar surface area (TPSA) is 58.4 Å². The minimum Gasteiger partial charge on any atom is -0.480 e. The number of hydrogen-bond acceptors (Lipinski definition) is 3. The number of carboxylic acid groups (broad SMARTS) is 1. The monoisotopic (exact) mass is 265 g/mol. The Hall–Kier alpha value is -1.36. The molecule has 1 aromatic heterocycles. The molecule has 0 aliphatic carbocycles. The summed E-state index contributed by atoms with van der Waals surface area (Å²) in [4.78, 5) is 17.6. The van der Waals surface area contributed by atoms with Gasteiger partial charge in [0.2, 0.25) is 0 Å². The third-order valence-corrected chi connectivity index (χ3v) is 3.89. The van der Waals surface area contributed by atoms with Gasteiger partial charge in [0.05, 0.1) is 12.0 Å². The minimum absolute atomic E-state index is 0.353. The highest BCUT2D eigenvalue weighted by molar-refractivity contribution is 5.73. The van der Waals surface area contributed by atoms with Crippen molar-refractivity contribution in [3.8, 4) is 0 Å². The van der Waals surface area contributed by atoms with Crippen molar-refractivity contribution < 1.29 is 9.90 Å². The number of carboxylic acids is 1. The van der Waals surface area contributed by atoms with E-state index in [0.717, 1.165) is 38.0 Å². The molecule has 5 heteroatoms. The van der Waals surface area contributed by atoms with Crippen LogP contribution in [0.1, 0.15) is 38.8 Å². The molecule has 2 atom stereocenters. The highest BCUT2D eigenvalue weighted by atomic mass is 16.4. The zero-order valence-corrected chi connectivity index (χ0v) is 11.7. The number of nitrogens with zero attached hydrogens (tertiary/aromatic N) is 3. The number of hydrogen-bond donors (Lipinski definition) is 1. The predicted molar refractivity (Wildman–Crippen MR) is 72.7 cm³/mol. The fourth-order valence-electron chi connectivity index (χ4n) is 2.77. The van der Waals surface area contributed by atoms with Gasteiger partial charge in [-0.05, 0) is 31.7 Å². The van der Waals surface area contributed by atoms with Gasteiger partial charge in [-0.3, -0.25) is 9.69 Å². The molecule has 2 unspecified atom stereocenters. The SMILES string of the molecule is CCCn1cncc1CN1CCC(C)CC1C(=O)O. The second-order valence-electron chi connectivity index (χ2n) is 5.53. The smallest absolute Gasteiger partial charge is 0.320 e. The summed E-state index contributed by atoms with van der Waals surface area (Å²) in [7, 11) is 0. The van der Waals surface area contributed by atoms with Crippen LogP contribution < -0.4 is 0 Å². The van der Waals surface area contributed by atoms with Crippen LogP contribution in [-0.4, -0.2) is 38.1 Å². The van der Waals surface area contributed by atoms with Crippen LogP contribution in [0.15, 0.2) is 12.5 Å². The van der Waals surface area contributed by atoms with Crippen LogP contribution in [0.2, 0.25) is 0 Å². The van der Waals surface area contributed by atoms with Gasteiger partial charge in [0.15, 0.2) is 0 Å². The van der Waals surface area contributed by atoms with E-state index in [1.807, 2.05) is 12.5 Å². The molecule has 2 heterocycles. The molecule has 2 rings (SSSR count). The Morgan fingerprint density at radius 1 is 1.58 bits per heavy atom. The summed E-state index contributed by atoms with van der Waals surface area (Å²) in [6.07, 6.45) is 6.57. The Balaban J connectivity index is 2.07. The van der Waals surface area contributed by atoms with Crippen LogP contribution in [0.25, 0.3) is 0 Å². The Labute approximate surface area is 114 Å². The molecule has 0 amide bonds. The van der Waals surface area contributed by atoms with Gasteiger partial charge >= 0.3 is 5.97 Å². The summed E-state index contributed by atoms with van der Waals surface area (Å²) in [5, 5.41) is 9.36. The maximum absolute atomic E-state index is 11.4. The van der Waals surface area contributed by atoms with E-state index in [0.29, 0.717) is 12.5 Å². The van der Waals surface area contributed by atoms with Crippen molar-refractivity contribution in [3.63, 3.8) is 0 Å². The zero-order chi connectivity index (χ0) is 13.8. The number of likely N-dealkylation sites (tertiary alicyclic amines) is 1. The molecular formula is C14H23N3O2. The lowest BCUT2D eigenvalue weighted by Gasteiger charge is -2.35. The van der Waals surface area contributed by atoms with Crippen LogP contribution in [0, 0.1) is 5.92 Å². The quantitative estimate of drug-likeness (QED) is 0.884. The molecule has 0 spiro atoms. The first-order valence-corrected chi connectivity index (χ1v) is 7.07. The normalized spacial score (nSPS) is 24.5. The number of piperidine rings is 1. The fraction of sp³-hybridized carbons (Fsp3) is 0.714. The van der Waals surface area contributed by atoms with Crippen molar-refractivity contribution >= 4 is 5.97 Å². The van der Waals surface area contributed by atoms with Crippen LogP contribution in [0.5, 0.6) is 0 Å². The first-order chi connectivity index (χ1) is 9.11. The molecule has 0 saturated carbocycles. The maximum atomic E-state index is 11.4. The van der Waals surface area contributed by atoms with Gasteiger partial charge < -0.3 is 9.67 Å². The zero-order valence-electron chi connectivity index (χ0n) is 11.7. The van der Waals surface area contributed by atoms with E-state index in [1.165, 1.54) is 0 Å². The summed E-state index contributed by atoms with van der Waals surface area (Å²) in [5.41, 5.74) is 1.11. The molecule has 1 saturated heterocycles. The summed E-state index contributed by atoms with van der Waals surface area (Å²) in [6.45, 7) is 6.75. The number of rotatable bonds is 5. The Morgan fingerprint density at radius 2 is 2.37 bits per heavy atom. The van der Waals surface area contributed by atoms with Gasteiger partial charge in [-0.1, -0.05) is 13.8 Å². The van der Waals surface area contributed by atoms with Gasteiger partial charge in [0.1, 0.15) is 6.04 Å². The molecule has 0 radical (unpaired) electrons. The second kappa shape index (κ2) is 6.19.